The van der Waals surface area contributed by atoms with E-state index in [1.165, 1.54) is 52.5 Å². The van der Waals surface area contributed by atoms with Gasteiger partial charge in [0, 0.05) is 36.3 Å². The summed E-state index contributed by atoms with van der Waals surface area (Å²) >= 11 is 0. The predicted octanol–water partition coefficient (Wildman–Crippen LogP) is 4.79. The molecular formula is C22H26N2O. The number of rotatable bonds is 5. The zero-order chi connectivity index (χ0) is 17.2. The molecule has 0 aliphatic heterocycles. The topological polar surface area (TPSA) is 28.3 Å². The van der Waals surface area contributed by atoms with Gasteiger partial charge in [-0.15, -0.1) is 0 Å². The summed E-state index contributed by atoms with van der Waals surface area (Å²) in [6.45, 7) is 1.74. The van der Waals surface area contributed by atoms with E-state index >= 15 is 0 Å². The minimum absolute atomic E-state index is 0.464. The largest absolute Gasteiger partial charge is 0.383 e. The predicted molar refractivity (Wildman–Crippen MR) is 104 cm³/mol. The Labute approximate surface area is 149 Å². The van der Waals surface area contributed by atoms with Gasteiger partial charge in [-0.2, -0.15) is 0 Å². The van der Waals surface area contributed by atoms with Crippen LogP contribution in [0.4, 0.5) is 0 Å². The highest BCUT2D eigenvalue weighted by atomic mass is 16.5. The molecule has 3 nitrogen and oxygen atoms in total. The third-order valence-electron chi connectivity index (χ3n) is 5.46. The van der Waals surface area contributed by atoms with E-state index in [2.05, 4.69) is 65.5 Å². The number of H-pyrrole nitrogens is 1. The number of aryl methyl sites for hydroxylation is 1. The second-order valence-electron chi connectivity index (χ2n) is 7.03. The van der Waals surface area contributed by atoms with Gasteiger partial charge in [-0.1, -0.05) is 36.4 Å². The van der Waals surface area contributed by atoms with E-state index in [4.69, 9.17) is 4.74 Å². The fourth-order valence-corrected chi connectivity index (χ4v) is 4.08. The van der Waals surface area contributed by atoms with E-state index in [0.717, 1.165) is 13.2 Å². The van der Waals surface area contributed by atoms with Crippen molar-refractivity contribution >= 4 is 10.9 Å². The van der Waals surface area contributed by atoms with Crippen LogP contribution >= 0.6 is 0 Å². The Morgan fingerprint density at radius 3 is 2.76 bits per heavy atom. The molecule has 1 aromatic heterocycles. The van der Waals surface area contributed by atoms with Gasteiger partial charge in [-0.25, -0.2) is 0 Å². The number of fused-ring (bicyclic) bond motifs is 3. The van der Waals surface area contributed by atoms with E-state index in [9.17, 15) is 0 Å². The third-order valence-corrected chi connectivity index (χ3v) is 5.46. The molecule has 1 heterocycles. The molecule has 0 radical (unpaired) electrons. The Kier molecular flexibility index (Phi) is 4.60. The van der Waals surface area contributed by atoms with Gasteiger partial charge < -0.3 is 9.72 Å². The molecule has 3 heteroatoms. The van der Waals surface area contributed by atoms with Crippen LogP contribution in [0.15, 0.2) is 48.5 Å². The van der Waals surface area contributed by atoms with Crippen molar-refractivity contribution in [1.82, 2.24) is 9.88 Å². The zero-order valence-corrected chi connectivity index (χ0v) is 15.1. The maximum atomic E-state index is 5.26. The Hall–Kier alpha value is -2.10. The number of nitrogens with zero attached hydrogens (tertiary/aromatic N) is 1. The van der Waals surface area contributed by atoms with Crippen molar-refractivity contribution in [3.63, 3.8) is 0 Å². The summed E-state index contributed by atoms with van der Waals surface area (Å²) in [5.41, 5.74) is 6.75. The fourth-order valence-electron chi connectivity index (χ4n) is 4.08. The molecule has 1 aliphatic rings. The van der Waals surface area contributed by atoms with Crippen molar-refractivity contribution in [2.45, 2.75) is 25.3 Å². The van der Waals surface area contributed by atoms with Gasteiger partial charge in [-0.05, 0) is 55.1 Å². The lowest BCUT2D eigenvalue weighted by Crippen LogP contribution is -2.30. The Bertz CT molecular complexity index is 853. The Balaban J connectivity index is 1.73. The van der Waals surface area contributed by atoms with Crippen LogP contribution in [0, 0.1) is 0 Å². The van der Waals surface area contributed by atoms with Crippen molar-refractivity contribution in [3.8, 4) is 11.1 Å². The van der Waals surface area contributed by atoms with Gasteiger partial charge in [0.05, 0.1) is 6.61 Å². The molecule has 0 fully saturated rings. The lowest BCUT2D eigenvalue weighted by atomic mass is 9.90. The zero-order valence-electron chi connectivity index (χ0n) is 15.1. The van der Waals surface area contributed by atoms with Crippen molar-refractivity contribution in [2.24, 2.45) is 0 Å². The molecule has 130 valence electrons. The summed E-state index contributed by atoms with van der Waals surface area (Å²) in [5, 5.41) is 1.39. The molecule has 1 N–H and O–H groups in total. The maximum absolute atomic E-state index is 5.26. The third kappa shape index (κ3) is 3.10. The maximum Gasteiger partial charge on any atom is 0.0589 e. The quantitative estimate of drug-likeness (QED) is 0.726. The summed E-state index contributed by atoms with van der Waals surface area (Å²) in [7, 11) is 3.98. The van der Waals surface area contributed by atoms with Crippen LogP contribution in [-0.4, -0.2) is 37.2 Å². The van der Waals surface area contributed by atoms with Crippen molar-refractivity contribution in [3.05, 3.63) is 59.8 Å². The molecule has 0 saturated heterocycles. The SMILES string of the molecule is COCCN(C)C1CCCc2c1[nH]c1ccc(-c3ccccc3)cc21. The fraction of sp³-hybridized carbons (Fsp3) is 0.364. The van der Waals surface area contributed by atoms with Gasteiger partial charge in [0.25, 0.3) is 0 Å². The van der Waals surface area contributed by atoms with E-state index in [1.54, 1.807) is 7.11 Å². The molecule has 1 atom stereocenters. The standard InChI is InChI=1S/C22H26N2O/c1-24(13-14-25-2)21-10-6-9-18-19-15-17(16-7-4-3-5-8-16)11-12-20(19)23-22(18)21/h3-5,7-8,11-12,15,21,23H,6,9-10,13-14H2,1-2H3. The van der Waals surface area contributed by atoms with Crippen LogP contribution < -0.4 is 0 Å². The molecule has 4 rings (SSSR count). The van der Waals surface area contributed by atoms with Crippen LogP contribution in [0.3, 0.4) is 0 Å². The number of ether oxygens (including phenoxy) is 1. The first kappa shape index (κ1) is 16.4. The van der Waals surface area contributed by atoms with E-state index in [0.29, 0.717) is 6.04 Å². The number of likely N-dealkylation sites (N-methyl/N-ethyl adjacent to an activating group) is 1. The molecule has 0 saturated carbocycles. The lowest BCUT2D eigenvalue weighted by Gasteiger charge is -2.31. The molecule has 0 bridgehead atoms. The van der Waals surface area contributed by atoms with Crippen LogP contribution in [0.2, 0.25) is 0 Å². The molecular weight excluding hydrogens is 308 g/mol. The summed E-state index contributed by atoms with van der Waals surface area (Å²) in [6.07, 6.45) is 3.63. The van der Waals surface area contributed by atoms with Gasteiger partial charge in [0.15, 0.2) is 0 Å². The first-order valence-corrected chi connectivity index (χ1v) is 9.17. The number of benzene rings is 2. The van der Waals surface area contributed by atoms with E-state index < -0.39 is 0 Å². The first-order valence-electron chi connectivity index (χ1n) is 9.17. The average Bonchev–Trinajstić information content (AvgIpc) is 3.04. The Morgan fingerprint density at radius 2 is 1.96 bits per heavy atom. The number of hydrogen-bond acceptors (Lipinski definition) is 2. The molecule has 2 aromatic carbocycles. The number of hydrogen-bond donors (Lipinski definition) is 1. The lowest BCUT2D eigenvalue weighted by molar-refractivity contribution is 0.131. The van der Waals surface area contributed by atoms with Crippen molar-refractivity contribution < 1.29 is 4.74 Å². The molecule has 1 aliphatic carbocycles. The summed E-state index contributed by atoms with van der Waals surface area (Å²) in [5.74, 6) is 0. The van der Waals surface area contributed by atoms with Crippen molar-refractivity contribution in [1.29, 1.82) is 0 Å². The highest BCUT2D eigenvalue weighted by molar-refractivity contribution is 5.89. The number of nitrogens with one attached hydrogen (secondary N) is 1. The summed E-state index contributed by atoms with van der Waals surface area (Å²) in [4.78, 5) is 6.15. The molecule has 0 amide bonds. The first-order chi connectivity index (χ1) is 12.3. The number of methoxy groups -OCH3 is 1. The normalized spacial score (nSPS) is 17.2. The van der Waals surface area contributed by atoms with Gasteiger partial charge in [0.1, 0.15) is 0 Å². The summed E-state index contributed by atoms with van der Waals surface area (Å²) in [6, 6.07) is 17.9. The molecule has 3 aromatic rings. The molecule has 1 unspecified atom stereocenters. The molecule has 25 heavy (non-hydrogen) atoms. The number of aromatic nitrogens is 1. The van der Waals surface area contributed by atoms with Gasteiger partial charge in [-0.3, -0.25) is 4.90 Å². The van der Waals surface area contributed by atoms with E-state index in [-0.39, 0.29) is 0 Å². The molecule has 0 spiro atoms. The van der Waals surface area contributed by atoms with Crippen molar-refractivity contribution in [2.75, 3.05) is 27.3 Å². The average molecular weight is 334 g/mol. The summed E-state index contributed by atoms with van der Waals surface area (Å²) < 4.78 is 5.26. The Morgan fingerprint density at radius 1 is 1.12 bits per heavy atom. The minimum atomic E-state index is 0.464. The number of aromatic amines is 1. The van der Waals surface area contributed by atoms with Crippen LogP contribution in [-0.2, 0) is 11.2 Å². The second kappa shape index (κ2) is 7.03. The van der Waals surface area contributed by atoms with Crippen LogP contribution in [0.1, 0.15) is 30.1 Å². The monoisotopic (exact) mass is 334 g/mol. The van der Waals surface area contributed by atoms with Gasteiger partial charge in [0.2, 0.25) is 0 Å². The minimum Gasteiger partial charge on any atom is -0.383 e. The van der Waals surface area contributed by atoms with Crippen LogP contribution in [0.25, 0.3) is 22.0 Å². The smallest absolute Gasteiger partial charge is 0.0589 e. The highest BCUT2D eigenvalue weighted by Crippen LogP contribution is 2.38. The van der Waals surface area contributed by atoms with Gasteiger partial charge >= 0.3 is 0 Å². The highest BCUT2D eigenvalue weighted by Gasteiger charge is 2.27. The van der Waals surface area contributed by atoms with E-state index in [1.807, 2.05) is 0 Å². The second-order valence-corrected chi connectivity index (χ2v) is 7.03. The van der Waals surface area contributed by atoms with Crippen LogP contribution in [0.5, 0.6) is 0 Å².